The summed E-state index contributed by atoms with van der Waals surface area (Å²) in [6, 6.07) is 9.71. The van der Waals surface area contributed by atoms with Crippen molar-refractivity contribution in [3.8, 4) is 11.5 Å². The van der Waals surface area contributed by atoms with Crippen molar-refractivity contribution in [1.82, 2.24) is 19.4 Å². The molecule has 0 aromatic heterocycles. The molecule has 3 amide bonds. The molecule has 4 rings (SSSR count). The summed E-state index contributed by atoms with van der Waals surface area (Å²) in [7, 11) is 0.942. The highest BCUT2D eigenvalue weighted by Gasteiger charge is 2.35. The molecule has 234 valence electrons. The van der Waals surface area contributed by atoms with Gasteiger partial charge in [-0.05, 0) is 49.7 Å². The summed E-state index contributed by atoms with van der Waals surface area (Å²) >= 11 is 0. The Morgan fingerprint density at radius 1 is 0.977 bits per heavy atom. The zero-order valence-electron chi connectivity index (χ0n) is 24.6. The van der Waals surface area contributed by atoms with Crippen LogP contribution in [0.3, 0.4) is 0 Å². The van der Waals surface area contributed by atoms with Gasteiger partial charge in [0.1, 0.15) is 6.04 Å². The summed E-state index contributed by atoms with van der Waals surface area (Å²) in [5.74, 6) is -1.77. The average molecular weight is 618 g/mol. The van der Waals surface area contributed by atoms with Gasteiger partial charge < -0.3 is 35.0 Å². The van der Waals surface area contributed by atoms with Crippen LogP contribution in [-0.2, 0) is 26.0 Å². The number of hydrogen-bond acceptors (Lipinski definition) is 8. The van der Waals surface area contributed by atoms with E-state index in [0.29, 0.717) is 42.9 Å². The molecule has 13 nitrogen and oxygen atoms in total. The Morgan fingerprint density at radius 2 is 1.65 bits per heavy atom. The minimum atomic E-state index is -3.94. The van der Waals surface area contributed by atoms with Crippen LogP contribution in [0.25, 0.3) is 0 Å². The molecule has 2 aromatic rings. The van der Waals surface area contributed by atoms with Crippen molar-refractivity contribution in [3.63, 3.8) is 0 Å². The van der Waals surface area contributed by atoms with E-state index in [1.54, 1.807) is 29.2 Å². The molecule has 2 aliphatic rings. The number of likely N-dealkylation sites (N-methyl/N-ethyl adjacent to an activating group) is 1. The number of nitrogens with zero attached hydrogens (tertiary/aromatic N) is 3. The average Bonchev–Trinajstić information content (AvgIpc) is 3.01. The van der Waals surface area contributed by atoms with Gasteiger partial charge in [0.2, 0.25) is 15.9 Å². The molecule has 1 unspecified atom stereocenters. The number of hydrogen-bond donors (Lipinski definition) is 3. The number of methoxy groups -OCH3 is 2. The van der Waals surface area contributed by atoms with Crippen molar-refractivity contribution >= 4 is 33.6 Å². The lowest BCUT2D eigenvalue weighted by Crippen LogP contribution is -2.50. The maximum atomic E-state index is 13.4. The van der Waals surface area contributed by atoms with Crippen LogP contribution in [0.4, 0.5) is 10.5 Å². The molecule has 2 saturated heterocycles. The van der Waals surface area contributed by atoms with Gasteiger partial charge in [-0.15, -0.1) is 0 Å². The second-order valence-electron chi connectivity index (χ2n) is 10.7. The largest absolute Gasteiger partial charge is 0.493 e. The van der Waals surface area contributed by atoms with Gasteiger partial charge in [-0.2, -0.15) is 4.31 Å². The van der Waals surface area contributed by atoms with Crippen molar-refractivity contribution in [2.75, 3.05) is 65.9 Å². The minimum absolute atomic E-state index is 0.0118. The van der Waals surface area contributed by atoms with Crippen molar-refractivity contribution in [3.05, 3.63) is 48.0 Å². The predicted octanol–water partition coefficient (Wildman–Crippen LogP) is 1.70. The highest BCUT2D eigenvalue weighted by Crippen LogP contribution is 2.32. The second-order valence-corrected chi connectivity index (χ2v) is 12.7. The predicted molar refractivity (Wildman–Crippen MR) is 159 cm³/mol. The third kappa shape index (κ3) is 7.94. The number of carbonyl (C=O) groups is 3. The van der Waals surface area contributed by atoms with Crippen molar-refractivity contribution in [1.29, 1.82) is 0 Å². The maximum Gasteiger partial charge on any atom is 0.326 e. The van der Waals surface area contributed by atoms with Crippen molar-refractivity contribution in [2.45, 2.75) is 30.2 Å². The number of urea groups is 1. The van der Waals surface area contributed by atoms with Crippen LogP contribution in [0.5, 0.6) is 11.5 Å². The van der Waals surface area contributed by atoms with Crippen LogP contribution in [0.15, 0.2) is 47.4 Å². The van der Waals surface area contributed by atoms with Gasteiger partial charge in [0.15, 0.2) is 11.5 Å². The van der Waals surface area contributed by atoms with Crippen LogP contribution in [0.1, 0.15) is 18.4 Å². The minimum Gasteiger partial charge on any atom is -0.493 e. The number of anilines is 1. The second kappa shape index (κ2) is 14.1. The molecule has 0 radical (unpaired) electrons. The number of piperazine rings is 1. The Hall–Kier alpha value is -3.88. The van der Waals surface area contributed by atoms with Crippen LogP contribution < -0.4 is 20.1 Å². The van der Waals surface area contributed by atoms with Gasteiger partial charge in [-0.25, -0.2) is 18.0 Å². The lowest BCUT2D eigenvalue weighted by Gasteiger charge is -2.32. The molecule has 0 aliphatic carbocycles. The quantitative estimate of drug-likeness (QED) is 0.361. The lowest BCUT2D eigenvalue weighted by atomic mass is 9.97. The number of rotatable bonds is 10. The number of nitrogens with one attached hydrogen (secondary N) is 2. The lowest BCUT2D eigenvalue weighted by molar-refractivity contribution is -0.142. The first kappa shape index (κ1) is 32.0. The van der Waals surface area contributed by atoms with E-state index in [-0.39, 0.29) is 36.2 Å². The SMILES string of the molecule is COc1ccc(S(=O)(=O)N2CCCC(C(=O)N[C@@H](Cc3ccc(NC(=O)N4CCN(C)CC4)cc3)C(=O)O)C2)cc1OC. The summed E-state index contributed by atoms with van der Waals surface area (Å²) in [5.41, 5.74) is 1.24. The Bertz CT molecular complexity index is 1410. The number of amides is 3. The van der Waals surface area contributed by atoms with E-state index >= 15 is 0 Å². The number of carbonyl (C=O) groups excluding carboxylic acids is 2. The van der Waals surface area contributed by atoms with E-state index in [4.69, 9.17) is 9.47 Å². The third-order valence-corrected chi connectivity index (χ3v) is 9.66. The summed E-state index contributed by atoms with van der Waals surface area (Å²) in [6.45, 7) is 3.06. The zero-order chi connectivity index (χ0) is 31.1. The highest BCUT2D eigenvalue weighted by atomic mass is 32.2. The van der Waals surface area contributed by atoms with E-state index in [1.807, 2.05) is 7.05 Å². The fraction of sp³-hybridized carbons (Fsp3) is 0.483. The van der Waals surface area contributed by atoms with Crippen molar-refractivity contribution in [2.24, 2.45) is 5.92 Å². The molecular weight excluding hydrogens is 578 g/mol. The fourth-order valence-electron chi connectivity index (χ4n) is 5.16. The number of ether oxygens (including phenoxy) is 2. The summed E-state index contributed by atoms with van der Waals surface area (Å²) in [5, 5.41) is 15.3. The van der Waals surface area contributed by atoms with Crippen molar-refractivity contribution < 1.29 is 37.4 Å². The van der Waals surface area contributed by atoms with Gasteiger partial charge in [-0.1, -0.05) is 12.1 Å². The van der Waals surface area contributed by atoms with Gasteiger partial charge in [0.25, 0.3) is 0 Å². The smallest absolute Gasteiger partial charge is 0.326 e. The van der Waals surface area contributed by atoms with Crippen LogP contribution in [-0.4, -0.2) is 112 Å². The number of carboxylic acid groups (broad SMARTS) is 1. The zero-order valence-corrected chi connectivity index (χ0v) is 25.4. The highest BCUT2D eigenvalue weighted by molar-refractivity contribution is 7.89. The first-order valence-corrected chi connectivity index (χ1v) is 15.5. The monoisotopic (exact) mass is 617 g/mol. The molecule has 0 spiro atoms. The number of aliphatic carboxylic acids is 1. The summed E-state index contributed by atoms with van der Waals surface area (Å²) in [6.07, 6.45) is 0.898. The standard InChI is InChI=1S/C29H39N5O8S/c1-32-13-15-33(16-14-32)29(38)30-22-8-6-20(7-9-22)17-24(28(36)37)31-27(35)21-5-4-12-34(19-21)43(39,40)23-10-11-25(41-2)26(18-23)42-3/h6-11,18,21,24H,4-5,12-17,19H2,1-3H3,(H,30,38)(H,31,35)(H,36,37)/t21?,24-/m0/s1. The van der Waals surface area contributed by atoms with Crippen LogP contribution in [0.2, 0.25) is 0 Å². The van der Waals surface area contributed by atoms with Gasteiger partial charge in [0, 0.05) is 57.4 Å². The summed E-state index contributed by atoms with van der Waals surface area (Å²) in [4.78, 5) is 41.6. The van der Waals surface area contributed by atoms with E-state index < -0.39 is 33.9 Å². The Morgan fingerprint density at radius 3 is 2.28 bits per heavy atom. The molecule has 0 bridgehead atoms. The molecule has 43 heavy (non-hydrogen) atoms. The molecule has 0 saturated carbocycles. The van der Waals surface area contributed by atoms with E-state index in [9.17, 15) is 27.9 Å². The summed E-state index contributed by atoms with van der Waals surface area (Å²) < 4.78 is 38.4. The number of piperidine rings is 1. The van der Waals surface area contributed by atoms with Gasteiger partial charge in [0.05, 0.1) is 25.0 Å². The normalized spacial score (nSPS) is 18.9. The molecule has 2 aromatic carbocycles. The van der Waals surface area contributed by atoms with Crippen LogP contribution in [0, 0.1) is 5.92 Å². The van der Waals surface area contributed by atoms with E-state index in [2.05, 4.69) is 15.5 Å². The van der Waals surface area contributed by atoms with Gasteiger partial charge in [-0.3, -0.25) is 4.79 Å². The fourth-order valence-corrected chi connectivity index (χ4v) is 6.70. The number of carboxylic acids is 1. The molecular formula is C29H39N5O8S. The molecule has 2 atom stereocenters. The number of benzene rings is 2. The maximum absolute atomic E-state index is 13.4. The van der Waals surface area contributed by atoms with Crippen LogP contribution >= 0.6 is 0 Å². The van der Waals surface area contributed by atoms with E-state index in [0.717, 1.165) is 13.1 Å². The molecule has 2 heterocycles. The van der Waals surface area contributed by atoms with E-state index in [1.165, 1.54) is 36.7 Å². The van der Waals surface area contributed by atoms with Gasteiger partial charge >= 0.3 is 12.0 Å². The first-order valence-electron chi connectivity index (χ1n) is 14.1. The Balaban J connectivity index is 1.36. The Labute approximate surface area is 251 Å². The third-order valence-electron chi connectivity index (χ3n) is 7.80. The topological polar surface area (TPSA) is 158 Å². The molecule has 14 heteroatoms. The first-order chi connectivity index (χ1) is 20.5. The Kier molecular flexibility index (Phi) is 10.5. The molecule has 2 fully saturated rings. The number of sulfonamides is 1. The molecule has 3 N–H and O–H groups in total. The molecule has 2 aliphatic heterocycles.